The highest BCUT2D eigenvalue weighted by Gasteiger charge is 2.53. The normalized spacial score (nSPS) is 22.8. The Morgan fingerprint density at radius 3 is 1.86 bits per heavy atom. The summed E-state index contributed by atoms with van der Waals surface area (Å²) < 4.78 is 91.7. The maximum Gasteiger partial charge on any atom is 0.349 e. The molecule has 3 aliphatic rings. The zero-order valence-electron chi connectivity index (χ0n) is 19.6. The van der Waals surface area contributed by atoms with Crippen molar-refractivity contribution in [2.75, 3.05) is 19.8 Å². The molecule has 3 heterocycles. The molecule has 3 aromatic rings. The van der Waals surface area contributed by atoms with Crippen LogP contribution in [0.2, 0.25) is 0 Å². The Morgan fingerprint density at radius 2 is 1.35 bits per heavy atom. The standard InChI is InChI=1S/C27H21F5O5/c1-2-7-26-12-34-27(35-13-26,36-14-26)17-5-3-15(4-6-17)16-8-19(28)23(20(29)9-16)25(33)37-18-10-21(30)24(32)22(31)11-18/h3-6,8-11H,2,7,12-14H2,1H3. The van der Waals surface area contributed by atoms with Crippen LogP contribution in [0.15, 0.2) is 48.5 Å². The Bertz CT molecular complexity index is 1290. The minimum atomic E-state index is -1.77. The molecule has 37 heavy (non-hydrogen) atoms. The lowest BCUT2D eigenvalue weighted by atomic mass is 9.83. The second-order valence-corrected chi connectivity index (χ2v) is 9.15. The third-order valence-electron chi connectivity index (χ3n) is 6.47. The van der Waals surface area contributed by atoms with Gasteiger partial charge in [0.05, 0.1) is 19.8 Å². The lowest BCUT2D eigenvalue weighted by Crippen LogP contribution is -2.58. The van der Waals surface area contributed by atoms with E-state index >= 15 is 0 Å². The smallest absolute Gasteiger partial charge is 0.349 e. The summed E-state index contributed by atoms with van der Waals surface area (Å²) in [6.45, 7) is 3.56. The molecule has 0 aliphatic carbocycles. The van der Waals surface area contributed by atoms with Gasteiger partial charge in [0.1, 0.15) is 22.9 Å². The van der Waals surface area contributed by atoms with Crippen molar-refractivity contribution in [3.05, 3.63) is 88.7 Å². The molecule has 3 saturated heterocycles. The van der Waals surface area contributed by atoms with Crippen LogP contribution in [0.1, 0.15) is 35.7 Å². The summed E-state index contributed by atoms with van der Waals surface area (Å²) in [5.74, 6) is -11.1. The van der Waals surface area contributed by atoms with E-state index in [0.29, 0.717) is 43.1 Å². The van der Waals surface area contributed by atoms with Crippen molar-refractivity contribution >= 4 is 5.97 Å². The first kappa shape index (κ1) is 25.3. The van der Waals surface area contributed by atoms with Crippen molar-refractivity contribution in [3.8, 4) is 16.9 Å². The first-order valence-corrected chi connectivity index (χ1v) is 11.5. The fourth-order valence-corrected chi connectivity index (χ4v) is 4.54. The van der Waals surface area contributed by atoms with Crippen molar-refractivity contribution in [1.29, 1.82) is 0 Å². The largest absolute Gasteiger partial charge is 0.423 e. The third kappa shape index (κ3) is 4.60. The minimum Gasteiger partial charge on any atom is -0.423 e. The van der Waals surface area contributed by atoms with Crippen molar-refractivity contribution < 1.29 is 45.7 Å². The van der Waals surface area contributed by atoms with Crippen LogP contribution in [-0.2, 0) is 20.2 Å². The first-order chi connectivity index (χ1) is 17.7. The Balaban J connectivity index is 1.34. The molecule has 0 N–H and O–H groups in total. The van der Waals surface area contributed by atoms with Crippen molar-refractivity contribution in [3.63, 3.8) is 0 Å². The number of carbonyl (C=O) groups is 1. The first-order valence-electron chi connectivity index (χ1n) is 11.5. The number of hydrogen-bond donors (Lipinski definition) is 0. The Kier molecular flexibility index (Phi) is 6.51. The summed E-state index contributed by atoms with van der Waals surface area (Å²) in [5, 5.41) is 0. The molecule has 3 fully saturated rings. The maximum atomic E-state index is 14.8. The average Bonchev–Trinajstić information content (AvgIpc) is 2.88. The van der Waals surface area contributed by atoms with Crippen LogP contribution >= 0.6 is 0 Å². The number of hydrogen-bond acceptors (Lipinski definition) is 5. The molecule has 10 heteroatoms. The zero-order valence-corrected chi connectivity index (χ0v) is 19.6. The van der Waals surface area contributed by atoms with Crippen LogP contribution in [0.25, 0.3) is 11.1 Å². The highest BCUT2D eigenvalue weighted by atomic mass is 19.2. The van der Waals surface area contributed by atoms with Crippen LogP contribution in [-0.4, -0.2) is 25.8 Å². The quantitative estimate of drug-likeness (QED) is 0.167. The number of esters is 1. The van der Waals surface area contributed by atoms with Crippen LogP contribution < -0.4 is 4.74 Å². The molecule has 3 aromatic carbocycles. The Labute approximate surface area is 208 Å². The topological polar surface area (TPSA) is 54.0 Å². The van der Waals surface area contributed by atoms with Gasteiger partial charge in [-0.3, -0.25) is 0 Å². The summed E-state index contributed by atoms with van der Waals surface area (Å²) in [6.07, 6.45) is 1.89. The lowest BCUT2D eigenvalue weighted by molar-refractivity contribution is -0.480. The second kappa shape index (κ2) is 9.51. The SMILES string of the molecule is CCCC12COC(c3ccc(-c4cc(F)c(C(=O)Oc5cc(F)c(F)c(F)c5)c(F)c4)cc3)(OC1)OC2. The van der Waals surface area contributed by atoms with Crippen molar-refractivity contribution in [2.24, 2.45) is 5.41 Å². The van der Waals surface area contributed by atoms with Crippen molar-refractivity contribution in [1.82, 2.24) is 0 Å². The molecule has 0 amide bonds. The summed E-state index contributed by atoms with van der Waals surface area (Å²) in [4.78, 5) is 12.3. The monoisotopic (exact) mass is 520 g/mol. The summed E-state index contributed by atoms with van der Waals surface area (Å²) in [5.41, 5.74) is -0.104. The average molecular weight is 520 g/mol. The molecule has 194 valence electrons. The molecule has 6 rings (SSSR count). The van der Waals surface area contributed by atoms with Gasteiger partial charge in [-0.2, -0.15) is 0 Å². The predicted molar refractivity (Wildman–Crippen MR) is 120 cm³/mol. The van der Waals surface area contributed by atoms with Crippen LogP contribution in [0.5, 0.6) is 5.75 Å². The van der Waals surface area contributed by atoms with Crippen molar-refractivity contribution in [2.45, 2.75) is 25.7 Å². The molecule has 0 saturated carbocycles. The van der Waals surface area contributed by atoms with E-state index in [1.807, 2.05) is 0 Å². The van der Waals surface area contributed by atoms with Crippen LogP contribution in [0.3, 0.4) is 0 Å². The molecule has 5 nitrogen and oxygen atoms in total. The highest BCUT2D eigenvalue weighted by molar-refractivity contribution is 5.92. The van der Waals surface area contributed by atoms with Crippen LogP contribution in [0, 0.1) is 34.5 Å². The Morgan fingerprint density at radius 1 is 0.811 bits per heavy atom. The van der Waals surface area contributed by atoms with E-state index < -0.39 is 52.3 Å². The third-order valence-corrected chi connectivity index (χ3v) is 6.47. The summed E-state index contributed by atoms with van der Waals surface area (Å²) in [6, 6.07) is 9.12. The van der Waals surface area contributed by atoms with Gasteiger partial charge >= 0.3 is 11.9 Å². The summed E-state index contributed by atoms with van der Waals surface area (Å²) >= 11 is 0. The number of carbonyl (C=O) groups excluding carboxylic acids is 1. The van der Waals surface area contributed by atoms with Gasteiger partial charge in [-0.05, 0) is 29.7 Å². The lowest BCUT2D eigenvalue weighted by Gasteiger charge is -2.51. The van der Waals surface area contributed by atoms with Gasteiger partial charge in [0.15, 0.2) is 17.5 Å². The van der Waals surface area contributed by atoms with E-state index in [9.17, 15) is 26.7 Å². The molecule has 0 spiro atoms. The van der Waals surface area contributed by atoms with Gasteiger partial charge < -0.3 is 18.9 Å². The number of benzene rings is 3. The van der Waals surface area contributed by atoms with Gasteiger partial charge in [0.25, 0.3) is 0 Å². The molecule has 3 aliphatic heterocycles. The fraction of sp³-hybridized carbons (Fsp3) is 0.296. The van der Waals surface area contributed by atoms with Gasteiger partial charge in [-0.15, -0.1) is 0 Å². The van der Waals surface area contributed by atoms with Gasteiger partial charge in [-0.1, -0.05) is 37.6 Å². The molecule has 0 atom stereocenters. The van der Waals surface area contributed by atoms with E-state index in [0.717, 1.165) is 25.0 Å². The molecule has 0 radical (unpaired) electrons. The molecule has 2 bridgehead atoms. The van der Waals surface area contributed by atoms with Gasteiger partial charge in [-0.25, -0.2) is 26.7 Å². The van der Waals surface area contributed by atoms with E-state index in [1.165, 1.54) is 0 Å². The molecule has 0 aromatic heterocycles. The zero-order chi connectivity index (χ0) is 26.4. The van der Waals surface area contributed by atoms with E-state index in [2.05, 4.69) is 11.7 Å². The van der Waals surface area contributed by atoms with E-state index in [1.54, 1.807) is 24.3 Å². The maximum absolute atomic E-state index is 14.8. The summed E-state index contributed by atoms with van der Waals surface area (Å²) in [7, 11) is 0. The molecule has 0 unspecified atom stereocenters. The van der Waals surface area contributed by atoms with E-state index in [-0.39, 0.29) is 11.0 Å². The number of rotatable bonds is 6. The predicted octanol–water partition coefficient (Wildman–Crippen LogP) is 6.24. The number of halogens is 5. The number of fused-ring (bicyclic) bond motifs is 3. The molecular weight excluding hydrogens is 499 g/mol. The second-order valence-electron chi connectivity index (χ2n) is 9.15. The van der Waals surface area contributed by atoms with Crippen LogP contribution in [0.4, 0.5) is 22.0 Å². The van der Waals surface area contributed by atoms with Gasteiger partial charge in [0, 0.05) is 23.1 Å². The Hall–Kier alpha value is -3.34. The van der Waals surface area contributed by atoms with Gasteiger partial charge in [0.2, 0.25) is 0 Å². The number of ether oxygens (including phenoxy) is 4. The fourth-order valence-electron chi connectivity index (χ4n) is 4.54. The molecular formula is C27H21F5O5. The highest BCUT2D eigenvalue weighted by Crippen LogP contribution is 2.46. The van der Waals surface area contributed by atoms with E-state index in [4.69, 9.17) is 14.2 Å². The minimum absolute atomic E-state index is 0.117.